The summed E-state index contributed by atoms with van der Waals surface area (Å²) >= 11 is 0. The van der Waals surface area contributed by atoms with Gasteiger partial charge in [0, 0.05) is 23.6 Å². The van der Waals surface area contributed by atoms with Crippen molar-refractivity contribution in [3.8, 4) is 0 Å². The van der Waals surface area contributed by atoms with Gasteiger partial charge in [-0.3, -0.25) is 0 Å². The summed E-state index contributed by atoms with van der Waals surface area (Å²) in [5, 5.41) is 0. The van der Waals surface area contributed by atoms with Gasteiger partial charge in [0.1, 0.15) is 17.5 Å². The topological polar surface area (TPSA) is 27.7 Å². The largest absolute Gasteiger partial charge is 0.324 e. The first-order chi connectivity index (χ1) is 17.5. The van der Waals surface area contributed by atoms with Crippen molar-refractivity contribution in [1.82, 2.24) is 0 Å². The Morgan fingerprint density at radius 3 is 1.46 bits per heavy atom. The maximum Gasteiger partial charge on any atom is 0.286 e. The molecule has 0 radical (unpaired) electrons. The third kappa shape index (κ3) is 13.5. The fourth-order valence-electron chi connectivity index (χ4n) is 4.88. The van der Waals surface area contributed by atoms with Crippen LogP contribution in [0.4, 0.5) is 13.2 Å². The first kappa shape index (κ1) is 33.9. The first-order valence-corrected chi connectivity index (χ1v) is 14.7. The van der Waals surface area contributed by atoms with E-state index in [1.165, 1.54) is 32.1 Å². The lowest BCUT2D eigenvalue weighted by atomic mass is 9.91. The summed E-state index contributed by atoms with van der Waals surface area (Å²) in [5.41, 5.74) is -0.0256. The van der Waals surface area contributed by atoms with E-state index in [2.05, 4.69) is 6.92 Å². The molecule has 0 saturated heterocycles. The molecule has 0 aromatic heterocycles. The summed E-state index contributed by atoms with van der Waals surface area (Å²) in [5.74, 6) is -3.50. The van der Waals surface area contributed by atoms with Gasteiger partial charge in [-0.15, -0.1) is 0 Å². The summed E-state index contributed by atoms with van der Waals surface area (Å²) < 4.78 is 60.3. The Bertz CT molecular complexity index is 687. The molecule has 0 spiro atoms. The van der Waals surface area contributed by atoms with Gasteiger partial charge in [0.05, 0.1) is 18.3 Å². The Labute approximate surface area is 224 Å². The minimum absolute atomic E-state index is 0.0256. The van der Waals surface area contributed by atoms with Crippen LogP contribution in [0.15, 0.2) is 12.1 Å². The summed E-state index contributed by atoms with van der Waals surface area (Å²) in [6.45, 7) is 14.3. The minimum Gasteiger partial charge on any atom is -0.324 e. The number of ether oxygens (including phenoxy) is 3. The normalized spacial score (nSPS) is 13.3. The number of hydrogen-bond donors (Lipinski definition) is 0. The maximum absolute atomic E-state index is 13.9. The molecule has 1 unspecified atom stereocenters. The molecule has 216 valence electrons. The number of rotatable bonds is 21. The SMILES string of the molecule is CCCCCCCCC(CCCCCCc1c(F)cc(F)cc1F)C(OC(C)C)(OC(C)C)OC(C)C. The van der Waals surface area contributed by atoms with Crippen LogP contribution >= 0.6 is 0 Å². The van der Waals surface area contributed by atoms with Crippen LogP contribution < -0.4 is 0 Å². The van der Waals surface area contributed by atoms with Crippen LogP contribution in [0.5, 0.6) is 0 Å². The molecule has 1 aromatic carbocycles. The standard InChI is InChI=1S/C31H53F3O3/c1-8-9-10-11-12-15-18-26(31(35-23(2)3,36-24(4)5)37-25(6)7)19-16-13-14-17-20-28-29(33)21-27(32)22-30(28)34/h21-26H,8-20H2,1-7H3. The molecular formula is C31H53F3O3. The molecule has 1 atom stereocenters. The van der Waals surface area contributed by atoms with Crippen LogP contribution in [0, 0.1) is 23.4 Å². The van der Waals surface area contributed by atoms with Gasteiger partial charge in [0.25, 0.3) is 5.97 Å². The predicted octanol–water partition coefficient (Wildman–Crippen LogP) is 9.89. The second kappa shape index (κ2) is 18.2. The zero-order chi connectivity index (χ0) is 27.8. The Kier molecular flexibility index (Phi) is 16.7. The van der Waals surface area contributed by atoms with Crippen molar-refractivity contribution in [2.45, 2.75) is 156 Å². The lowest BCUT2D eigenvalue weighted by molar-refractivity contribution is -0.433. The number of benzene rings is 1. The Morgan fingerprint density at radius 1 is 0.622 bits per heavy atom. The van der Waals surface area contributed by atoms with E-state index in [1.54, 1.807) is 0 Å². The highest BCUT2D eigenvalue weighted by Gasteiger charge is 2.44. The van der Waals surface area contributed by atoms with Crippen molar-refractivity contribution in [1.29, 1.82) is 0 Å². The quantitative estimate of drug-likeness (QED) is 0.117. The number of halogens is 3. The van der Waals surface area contributed by atoms with E-state index in [0.29, 0.717) is 6.42 Å². The predicted molar refractivity (Wildman–Crippen MR) is 146 cm³/mol. The zero-order valence-corrected chi connectivity index (χ0v) is 24.5. The van der Waals surface area contributed by atoms with Gasteiger partial charge in [-0.05, 0) is 67.2 Å². The third-order valence-corrected chi connectivity index (χ3v) is 6.44. The van der Waals surface area contributed by atoms with Crippen molar-refractivity contribution >= 4 is 0 Å². The van der Waals surface area contributed by atoms with Crippen molar-refractivity contribution in [3.05, 3.63) is 35.1 Å². The smallest absolute Gasteiger partial charge is 0.286 e. The molecule has 0 heterocycles. The summed E-state index contributed by atoms with van der Waals surface area (Å²) in [6, 6.07) is 1.51. The average Bonchev–Trinajstić information content (AvgIpc) is 2.76. The van der Waals surface area contributed by atoms with Crippen molar-refractivity contribution < 1.29 is 27.4 Å². The zero-order valence-electron chi connectivity index (χ0n) is 24.5. The van der Waals surface area contributed by atoms with Gasteiger partial charge in [-0.1, -0.05) is 64.7 Å². The van der Waals surface area contributed by atoms with Gasteiger partial charge >= 0.3 is 0 Å². The maximum atomic E-state index is 13.9. The van der Waals surface area contributed by atoms with Crippen molar-refractivity contribution in [3.63, 3.8) is 0 Å². The molecule has 0 aliphatic carbocycles. The second-order valence-electron chi connectivity index (χ2n) is 11.2. The molecule has 3 nitrogen and oxygen atoms in total. The lowest BCUT2D eigenvalue weighted by Gasteiger charge is -2.43. The fraction of sp³-hybridized carbons (Fsp3) is 0.806. The Morgan fingerprint density at radius 2 is 1.03 bits per heavy atom. The van der Waals surface area contributed by atoms with Crippen LogP contribution in [-0.2, 0) is 20.6 Å². The van der Waals surface area contributed by atoms with E-state index < -0.39 is 23.4 Å². The van der Waals surface area contributed by atoms with Crippen LogP contribution in [0.1, 0.15) is 131 Å². The molecule has 0 N–H and O–H groups in total. The van der Waals surface area contributed by atoms with E-state index in [9.17, 15) is 13.2 Å². The van der Waals surface area contributed by atoms with Gasteiger partial charge in [0.15, 0.2) is 0 Å². The average molecular weight is 531 g/mol. The van der Waals surface area contributed by atoms with Crippen molar-refractivity contribution in [2.24, 2.45) is 5.92 Å². The number of hydrogen-bond acceptors (Lipinski definition) is 3. The van der Waals surface area contributed by atoms with Crippen molar-refractivity contribution in [2.75, 3.05) is 0 Å². The molecular weight excluding hydrogens is 477 g/mol. The van der Waals surface area contributed by atoms with Crippen LogP contribution in [-0.4, -0.2) is 24.3 Å². The molecule has 0 fully saturated rings. The Hall–Kier alpha value is -1.11. The molecule has 0 amide bonds. The highest BCUT2D eigenvalue weighted by Crippen LogP contribution is 2.37. The van der Waals surface area contributed by atoms with E-state index in [4.69, 9.17) is 14.2 Å². The van der Waals surface area contributed by atoms with Gasteiger partial charge in [0.2, 0.25) is 0 Å². The summed E-state index contributed by atoms with van der Waals surface area (Å²) in [6.07, 6.45) is 12.7. The Balaban J connectivity index is 2.82. The van der Waals surface area contributed by atoms with E-state index in [0.717, 1.165) is 50.7 Å². The van der Waals surface area contributed by atoms with Crippen LogP contribution in [0.2, 0.25) is 0 Å². The van der Waals surface area contributed by atoms with E-state index in [-0.39, 0.29) is 36.2 Å². The molecule has 0 aliphatic rings. The first-order valence-electron chi connectivity index (χ1n) is 14.7. The molecule has 0 bridgehead atoms. The van der Waals surface area contributed by atoms with Crippen LogP contribution in [0.3, 0.4) is 0 Å². The van der Waals surface area contributed by atoms with Gasteiger partial charge < -0.3 is 14.2 Å². The summed E-state index contributed by atoms with van der Waals surface area (Å²) in [7, 11) is 0. The fourth-order valence-corrected chi connectivity index (χ4v) is 4.88. The summed E-state index contributed by atoms with van der Waals surface area (Å²) in [4.78, 5) is 0. The molecule has 1 rings (SSSR count). The third-order valence-electron chi connectivity index (χ3n) is 6.44. The van der Waals surface area contributed by atoms with Crippen LogP contribution in [0.25, 0.3) is 0 Å². The molecule has 0 saturated carbocycles. The second-order valence-corrected chi connectivity index (χ2v) is 11.2. The number of unbranched alkanes of at least 4 members (excludes halogenated alkanes) is 8. The lowest BCUT2D eigenvalue weighted by Crippen LogP contribution is -2.50. The van der Waals surface area contributed by atoms with Gasteiger partial charge in [-0.2, -0.15) is 0 Å². The molecule has 37 heavy (non-hydrogen) atoms. The molecule has 0 aliphatic heterocycles. The highest BCUT2D eigenvalue weighted by atomic mass is 19.1. The molecule has 6 heteroatoms. The highest BCUT2D eigenvalue weighted by molar-refractivity contribution is 5.20. The molecule has 1 aromatic rings. The minimum atomic E-state index is -1.10. The van der Waals surface area contributed by atoms with E-state index >= 15 is 0 Å². The van der Waals surface area contributed by atoms with Gasteiger partial charge in [-0.25, -0.2) is 13.2 Å². The monoisotopic (exact) mass is 530 g/mol. The van der Waals surface area contributed by atoms with E-state index in [1.807, 2.05) is 41.5 Å².